The van der Waals surface area contributed by atoms with Crippen LogP contribution in [0, 0.1) is 6.92 Å². The second-order valence-corrected chi connectivity index (χ2v) is 5.97. The Morgan fingerprint density at radius 2 is 2.06 bits per heavy atom. The molecule has 2 rings (SSSR count). The van der Waals surface area contributed by atoms with Crippen molar-refractivity contribution in [3.8, 4) is 0 Å². The van der Waals surface area contributed by atoms with Crippen LogP contribution in [-0.4, -0.2) is 14.5 Å². The van der Waals surface area contributed by atoms with E-state index in [2.05, 4.69) is 4.72 Å². The third kappa shape index (κ3) is 2.20. The molecule has 0 atom stereocenters. The van der Waals surface area contributed by atoms with Crippen LogP contribution in [0.4, 0.5) is 5.69 Å². The summed E-state index contributed by atoms with van der Waals surface area (Å²) in [5, 5.41) is 0. The van der Waals surface area contributed by atoms with Crippen molar-refractivity contribution in [3.63, 3.8) is 0 Å². The van der Waals surface area contributed by atoms with Crippen LogP contribution in [0.3, 0.4) is 0 Å². The predicted octanol–water partition coefficient (Wildman–Crippen LogP) is 1.41. The summed E-state index contributed by atoms with van der Waals surface area (Å²) in [7, 11) is -3.44. The molecule has 0 radical (unpaired) electrons. The van der Waals surface area contributed by atoms with E-state index in [9.17, 15) is 8.42 Å². The van der Waals surface area contributed by atoms with E-state index >= 15 is 0 Å². The van der Waals surface area contributed by atoms with Gasteiger partial charge in [-0.05, 0) is 37.5 Å². The first kappa shape index (κ1) is 11.4. The number of nitrogen functional groups attached to an aromatic ring is 1. The summed E-state index contributed by atoms with van der Waals surface area (Å²) < 4.78 is 26.6. The molecule has 88 valence electrons. The van der Waals surface area contributed by atoms with Gasteiger partial charge >= 0.3 is 0 Å². The summed E-state index contributed by atoms with van der Waals surface area (Å²) >= 11 is 0. The molecule has 1 aromatic rings. The molecule has 3 N–H and O–H groups in total. The third-order valence-electron chi connectivity index (χ3n) is 2.88. The number of aryl methyl sites for hydroxylation is 1. The van der Waals surface area contributed by atoms with Gasteiger partial charge in [-0.25, -0.2) is 13.1 Å². The zero-order chi connectivity index (χ0) is 11.8. The zero-order valence-corrected chi connectivity index (χ0v) is 10.0. The molecule has 5 heteroatoms. The highest BCUT2D eigenvalue weighted by Crippen LogP contribution is 2.24. The van der Waals surface area contributed by atoms with Crippen LogP contribution >= 0.6 is 0 Å². The maximum absolute atomic E-state index is 12.0. The Labute approximate surface area is 95.9 Å². The second kappa shape index (κ2) is 4.07. The Morgan fingerprint density at radius 1 is 1.38 bits per heavy atom. The van der Waals surface area contributed by atoms with Crippen molar-refractivity contribution in [2.45, 2.75) is 37.1 Å². The standard InChI is InChI=1S/C11H16N2O2S/c1-8-5-6-11(10(12)7-8)16(14,15)13-9-3-2-4-9/h5-7,9,13H,2-4,12H2,1H3. The number of anilines is 1. The van der Waals surface area contributed by atoms with Crippen LogP contribution in [0.25, 0.3) is 0 Å². The van der Waals surface area contributed by atoms with Crippen LogP contribution in [0.15, 0.2) is 23.1 Å². The summed E-state index contributed by atoms with van der Waals surface area (Å²) in [5.74, 6) is 0. The molecule has 0 aromatic heterocycles. The lowest BCUT2D eigenvalue weighted by atomic mass is 9.94. The fraction of sp³-hybridized carbons (Fsp3) is 0.455. The molecule has 1 aliphatic rings. The van der Waals surface area contributed by atoms with Gasteiger partial charge in [0, 0.05) is 6.04 Å². The van der Waals surface area contributed by atoms with Gasteiger partial charge in [-0.2, -0.15) is 0 Å². The monoisotopic (exact) mass is 240 g/mol. The van der Waals surface area contributed by atoms with Gasteiger partial charge in [0.05, 0.1) is 5.69 Å². The Hall–Kier alpha value is -1.07. The maximum Gasteiger partial charge on any atom is 0.242 e. The largest absolute Gasteiger partial charge is 0.398 e. The third-order valence-corrected chi connectivity index (χ3v) is 4.48. The molecule has 0 unspecified atom stereocenters. The van der Waals surface area contributed by atoms with Gasteiger partial charge in [0.25, 0.3) is 0 Å². The molecule has 0 saturated heterocycles. The van der Waals surface area contributed by atoms with Crippen molar-refractivity contribution >= 4 is 15.7 Å². The highest BCUT2D eigenvalue weighted by molar-refractivity contribution is 7.89. The Kier molecular flexibility index (Phi) is 2.90. The fourth-order valence-corrected chi connectivity index (χ4v) is 3.14. The summed E-state index contributed by atoms with van der Waals surface area (Å²) in [4.78, 5) is 0.185. The van der Waals surface area contributed by atoms with Crippen molar-refractivity contribution in [1.29, 1.82) is 0 Å². The van der Waals surface area contributed by atoms with Gasteiger partial charge in [0.2, 0.25) is 10.0 Å². The highest BCUT2D eigenvalue weighted by atomic mass is 32.2. The van der Waals surface area contributed by atoms with Crippen LogP contribution in [0.2, 0.25) is 0 Å². The quantitative estimate of drug-likeness (QED) is 0.785. The van der Waals surface area contributed by atoms with E-state index in [0.717, 1.165) is 24.8 Å². The maximum atomic E-state index is 12.0. The Balaban J connectivity index is 2.27. The van der Waals surface area contributed by atoms with Crippen molar-refractivity contribution in [2.24, 2.45) is 0 Å². The Morgan fingerprint density at radius 3 is 2.56 bits per heavy atom. The molecule has 1 saturated carbocycles. The number of hydrogen-bond acceptors (Lipinski definition) is 3. The van der Waals surface area contributed by atoms with E-state index in [0.29, 0.717) is 5.69 Å². The number of rotatable bonds is 3. The number of nitrogens with two attached hydrogens (primary N) is 1. The normalized spacial score (nSPS) is 17.1. The Bertz CT molecular complexity index is 493. The van der Waals surface area contributed by atoms with Gasteiger partial charge in [-0.1, -0.05) is 12.5 Å². The number of nitrogens with one attached hydrogen (secondary N) is 1. The lowest BCUT2D eigenvalue weighted by Gasteiger charge is -2.26. The molecule has 0 aliphatic heterocycles. The number of sulfonamides is 1. The molecular formula is C11H16N2O2S. The van der Waals surface area contributed by atoms with E-state index in [-0.39, 0.29) is 10.9 Å². The average Bonchev–Trinajstić information content (AvgIpc) is 2.11. The van der Waals surface area contributed by atoms with Crippen molar-refractivity contribution in [3.05, 3.63) is 23.8 Å². The van der Waals surface area contributed by atoms with Gasteiger partial charge in [0.1, 0.15) is 4.90 Å². The summed E-state index contributed by atoms with van der Waals surface area (Å²) in [6.07, 6.45) is 2.94. The van der Waals surface area contributed by atoms with Crippen LogP contribution < -0.4 is 10.5 Å². The van der Waals surface area contributed by atoms with Gasteiger partial charge in [-0.15, -0.1) is 0 Å². The lowest BCUT2D eigenvalue weighted by Crippen LogP contribution is -2.39. The predicted molar refractivity (Wildman–Crippen MR) is 63.6 cm³/mol. The van der Waals surface area contributed by atoms with E-state index in [4.69, 9.17) is 5.73 Å². The smallest absolute Gasteiger partial charge is 0.242 e. The van der Waals surface area contributed by atoms with Crippen LogP contribution in [-0.2, 0) is 10.0 Å². The minimum Gasteiger partial charge on any atom is -0.398 e. The second-order valence-electron chi connectivity index (χ2n) is 4.29. The van der Waals surface area contributed by atoms with Crippen molar-refractivity contribution in [2.75, 3.05) is 5.73 Å². The molecule has 0 spiro atoms. The highest BCUT2D eigenvalue weighted by Gasteiger charge is 2.25. The molecule has 16 heavy (non-hydrogen) atoms. The van der Waals surface area contributed by atoms with E-state index < -0.39 is 10.0 Å². The summed E-state index contributed by atoms with van der Waals surface area (Å²) in [6.45, 7) is 1.88. The van der Waals surface area contributed by atoms with E-state index in [1.165, 1.54) is 0 Å². The molecule has 1 fully saturated rings. The molecule has 0 bridgehead atoms. The molecule has 0 heterocycles. The molecule has 0 amide bonds. The van der Waals surface area contributed by atoms with Crippen molar-refractivity contribution < 1.29 is 8.42 Å². The van der Waals surface area contributed by atoms with Crippen LogP contribution in [0.1, 0.15) is 24.8 Å². The average molecular weight is 240 g/mol. The molecule has 1 aromatic carbocycles. The van der Waals surface area contributed by atoms with Crippen LogP contribution in [0.5, 0.6) is 0 Å². The lowest BCUT2D eigenvalue weighted by molar-refractivity contribution is 0.383. The fourth-order valence-electron chi connectivity index (χ4n) is 1.72. The molecular weight excluding hydrogens is 224 g/mol. The SMILES string of the molecule is Cc1ccc(S(=O)(=O)NC2CCC2)c(N)c1. The van der Waals surface area contributed by atoms with Gasteiger partial charge in [-0.3, -0.25) is 0 Å². The first-order valence-electron chi connectivity index (χ1n) is 5.37. The van der Waals surface area contributed by atoms with Gasteiger partial charge < -0.3 is 5.73 Å². The first-order chi connectivity index (χ1) is 7.49. The molecule has 1 aliphatic carbocycles. The number of benzene rings is 1. The van der Waals surface area contributed by atoms with E-state index in [1.807, 2.05) is 6.92 Å². The first-order valence-corrected chi connectivity index (χ1v) is 6.86. The number of hydrogen-bond donors (Lipinski definition) is 2. The molecule has 4 nitrogen and oxygen atoms in total. The van der Waals surface area contributed by atoms with Crippen molar-refractivity contribution in [1.82, 2.24) is 4.72 Å². The summed E-state index contributed by atoms with van der Waals surface area (Å²) in [5.41, 5.74) is 6.99. The van der Waals surface area contributed by atoms with E-state index in [1.54, 1.807) is 18.2 Å². The minimum absolute atomic E-state index is 0.0886. The zero-order valence-electron chi connectivity index (χ0n) is 9.23. The van der Waals surface area contributed by atoms with Gasteiger partial charge in [0.15, 0.2) is 0 Å². The summed E-state index contributed by atoms with van der Waals surface area (Å²) in [6, 6.07) is 5.08. The topological polar surface area (TPSA) is 72.2 Å². The minimum atomic E-state index is -3.44.